The standard InChI is InChI=1S/C16H21BrN2O2S/c1-16(2,3)22(20)18-14-9-12-10-21-7-6-19(12)15-8-11(17)4-5-13(14)15/h4-5,8,12H,6-7,9-10H2,1-3H3. The van der Waals surface area contributed by atoms with Crippen LogP contribution in [0.4, 0.5) is 5.69 Å². The van der Waals surface area contributed by atoms with Crippen molar-refractivity contribution in [3.05, 3.63) is 28.2 Å². The van der Waals surface area contributed by atoms with Crippen molar-refractivity contribution in [3.8, 4) is 0 Å². The van der Waals surface area contributed by atoms with E-state index in [9.17, 15) is 4.55 Å². The van der Waals surface area contributed by atoms with Gasteiger partial charge in [0.05, 0.1) is 19.3 Å². The molecule has 1 saturated heterocycles. The summed E-state index contributed by atoms with van der Waals surface area (Å²) in [4.78, 5) is 2.39. The van der Waals surface area contributed by atoms with Gasteiger partial charge in [-0.2, -0.15) is 0 Å². The van der Waals surface area contributed by atoms with E-state index in [0.29, 0.717) is 6.61 Å². The second-order valence-electron chi connectivity index (χ2n) is 6.69. The Kier molecular flexibility index (Phi) is 4.56. The first-order valence-corrected chi connectivity index (χ1v) is 9.40. The molecule has 2 aliphatic heterocycles. The lowest BCUT2D eigenvalue weighted by atomic mass is 9.93. The summed E-state index contributed by atoms with van der Waals surface area (Å²) in [7, 11) is 0. The molecule has 1 aromatic rings. The number of ether oxygens (including phenoxy) is 1. The van der Waals surface area contributed by atoms with Crippen LogP contribution in [0.3, 0.4) is 0 Å². The Morgan fingerprint density at radius 2 is 2.18 bits per heavy atom. The van der Waals surface area contributed by atoms with Crippen molar-refractivity contribution in [1.82, 2.24) is 0 Å². The molecule has 2 aliphatic rings. The molecule has 0 radical (unpaired) electrons. The summed E-state index contributed by atoms with van der Waals surface area (Å²) in [6, 6.07) is 6.51. The molecular formula is C16H21BrN2O2S. The van der Waals surface area contributed by atoms with Crippen LogP contribution < -0.4 is 4.90 Å². The summed E-state index contributed by atoms with van der Waals surface area (Å²) in [6.45, 7) is 8.21. The molecule has 0 aromatic heterocycles. The van der Waals surface area contributed by atoms with Gasteiger partial charge in [0.15, 0.2) is 0 Å². The molecule has 0 saturated carbocycles. The molecule has 0 amide bonds. The van der Waals surface area contributed by atoms with Gasteiger partial charge in [-0.05, 0) is 39.0 Å². The van der Waals surface area contributed by atoms with Crippen molar-refractivity contribution in [1.29, 1.82) is 0 Å². The average Bonchev–Trinajstić information content (AvgIpc) is 2.46. The smallest absolute Gasteiger partial charge is 0.144 e. The van der Waals surface area contributed by atoms with E-state index in [2.05, 4.69) is 37.4 Å². The lowest BCUT2D eigenvalue weighted by molar-refractivity contribution is 0.0952. The monoisotopic (exact) mass is 384 g/mol. The van der Waals surface area contributed by atoms with Gasteiger partial charge < -0.3 is 14.2 Å². The van der Waals surface area contributed by atoms with E-state index in [4.69, 9.17) is 4.74 Å². The molecule has 4 nitrogen and oxygen atoms in total. The number of fused-ring (bicyclic) bond motifs is 3. The molecule has 2 unspecified atom stereocenters. The van der Waals surface area contributed by atoms with Crippen molar-refractivity contribution in [2.24, 2.45) is 4.40 Å². The Bertz CT molecular complexity index is 600. The Hall–Kier alpha value is -0.560. The highest BCUT2D eigenvalue weighted by Crippen LogP contribution is 2.35. The first-order chi connectivity index (χ1) is 10.4. The lowest BCUT2D eigenvalue weighted by Crippen LogP contribution is -2.50. The van der Waals surface area contributed by atoms with Crippen LogP contribution in [0.5, 0.6) is 0 Å². The molecule has 3 rings (SSSR count). The van der Waals surface area contributed by atoms with E-state index in [1.165, 1.54) is 5.69 Å². The molecule has 2 heterocycles. The molecular weight excluding hydrogens is 364 g/mol. The zero-order valence-electron chi connectivity index (χ0n) is 13.1. The maximum absolute atomic E-state index is 12.4. The Labute approximate surface area is 143 Å². The Balaban J connectivity index is 2.04. The summed E-state index contributed by atoms with van der Waals surface area (Å²) in [6.07, 6.45) is 0.788. The number of halogens is 1. The molecule has 1 fully saturated rings. The SMILES string of the molecule is CC(C)(C)[S+]([O-])N=C1CC2COCCN2c2cc(Br)ccc21. The fourth-order valence-corrected chi connectivity index (χ4v) is 3.78. The average molecular weight is 385 g/mol. The summed E-state index contributed by atoms with van der Waals surface area (Å²) >= 11 is 2.31. The van der Waals surface area contributed by atoms with E-state index in [0.717, 1.165) is 35.3 Å². The van der Waals surface area contributed by atoms with Gasteiger partial charge in [-0.15, -0.1) is 0 Å². The van der Waals surface area contributed by atoms with Crippen LogP contribution in [-0.4, -0.2) is 40.8 Å². The molecule has 2 atom stereocenters. The van der Waals surface area contributed by atoms with Crippen molar-refractivity contribution in [3.63, 3.8) is 0 Å². The second-order valence-corrected chi connectivity index (χ2v) is 9.51. The number of hydrogen-bond acceptors (Lipinski definition) is 4. The Morgan fingerprint density at radius 3 is 2.91 bits per heavy atom. The first kappa shape index (κ1) is 16.3. The highest BCUT2D eigenvalue weighted by atomic mass is 79.9. The molecule has 0 spiro atoms. The number of anilines is 1. The maximum Gasteiger partial charge on any atom is 0.144 e. The highest BCUT2D eigenvalue weighted by Gasteiger charge is 2.35. The third-order valence-corrected chi connectivity index (χ3v) is 5.88. The van der Waals surface area contributed by atoms with E-state index in [1.807, 2.05) is 26.8 Å². The quantitative estimate of drug-likeness (QED) is 0.697. The normalized spacial score (nSPS) is 24.9. The van der Waals surface area contributed by atoms with Crippen LogP contribution in [-0.2, 0) is 16.1 Å². The van der Waals surface area contributed by atoms with Gasteiger partial charge in [0.2, 0.25) is 0 Å². The number of hydrogen-bond donors (Lipinski definition) is 0. The van der Waals surface area contributed by atoms with E-state index in [-0.39, 0.29) is 10.8 Å². The van der Waals surface area contributed by atoms with Gasteiger partial charge >= 0.3 is 0 Å². The second kappa shape index (κ2) is 6.15. The predicted molar refractivity (Wildman–Crippen MR) is 95.1 cm³/mol. The van der Waals surface area contributed by atoms with Gasteiger partial charge in [-0.25, -0.2) is 0 Å². The van der Waals surface area contributed by atoms with Crippen molar-refractivity contribution < 1.29 is 9.29 Å². The number of nitrogens with zero attached hydrogens (tertiary/aromatic N) is 2. The van der Waals surface area contributed by atoms with Crippen LogP contribution in [0.1, 0.15) is 32.8 Å². The van der Waals surface area contributed by atoms with Gasteiger partial charge in [0, 0.05) is 28.7 Å². The summed E-state index contributed by atoms with van der Waals surface area (Å²) in [5, 5.41) is 0. The molecule has 6 heteroatoms. The van der Waals surface area contributed by atoms with Crippen LogP contribution in [0, 0.1) is 0 Å². The van der Waals surface area contributed by atoms with Crippen molar-refractivity contribution in [2.75, 3.05) is 24.7 Å². The molecule has 0 aliphatic carbocycles. The van der Waals surface area contributed by atoms with Crippen LogP contribution in [0.25, 0.3) is 0 Å². The fourth-order valence-electron chi connectivity index (χ4n) is 2.78. The number of morpholine rings is 1. The van der Waals surface area contributed by atoms with Gasteiger partial charge in [0.25, 0.3) is 0 Å². The zero-order valence-corrected chi connectivity index (χ0v) is 15.5. The fraction of sp³-hybridized carbons (Fsp3) is 0.562. The largest absolute Gasteiger partial charge is 0.591 e. The van der Waals surface area contributed by atoms with Crippen LogP contribution in [0.2, 0.25) is 0 Å². The van der Waals surface area contributed by atoms with Crippen LogP contribution in [0.15, 0.2) is 27.1 Å². The summed E-state index contributed by atoms with van der Waals surface area (Å²) < 4.78 is 23.3. The van der Waals surface area contributed by atoms with E-state index < -0.39 is 11.4 Å². The molecule has 22 heavy (non-hydrogen) atoms. The Morgan fingerprint density at radius 1 is 1.41 bits per heavy atom. The first-order valence-electron chi connectivity index (χ1n) is 7.50. The third-order valence-electron chi connectivity index (χ3n) is 3.95. The predicted octanol–water partition coefficient (Wildman–Crippen LogP) is 3.31. The highest BCUT2D eigenvalue weighted by molar-refractivity contribution is 9.10. The van der Waals surface area contributed by atoms with Gasteiger partial charge in [-0.3, -0.25) is 0 Å². The minimum atomic E-state index is -1.24. The van der Waals surface area contributed by atoms with E-state index in [1.54, 1.807) is 0 Å². The zero-order chi connectivity index (χ0) is 15.9. The molecule has 0 bridgehead atoms. The molecule has 0 N–H and O–H groups in total. The molecule has 120 valence electrons. The number of rotatable bonds is 1. The number of benzene rings is 1. The van der Waals surface area contributed by atoms with Gasteiger partial charge in [-0.1, -0.05) is 20.3 Å². The molecule has 1 aromatic carbocycles. The topological polar surface area (TPSA) is 47.9 Å². The minimum absolute atomic E-state index is 0.284. The van der Waals surface area contributed by atoms with Crippen molar-refractivity contribution >= 4 is 38.7 Å². The maximum atomic E-state index is 12.4. The van der Waals surface area contributed by atoms with E-state index >= 15 is 0 Å². The summed E-state index contributed by atoms with van der Waals surface area (Å²) in [5.74, 6) is 0. The summed E-state index contributed by atoms with van der Waals surface area (Å²) in [5.41, 5.74) is 3.19. The van der Waals surface area contributed by atoms with Crippen molar-refractivity contribution in [2.45, 2.75) is 38.0 Å². The van der Waals surface area contributed by atoms with Crippen LogP contribution >= 0.6 is 15.9 Å². The lowest BCUT2D eigenvalue weighted by Gasteiger charge is -2.42. The third kappa shape index (κ3) is 3.20. The minimum Gasteiger partial charge on any atom is -0.591 e. The van der Waals surface area contributed by atoms with Gasteiger partial charge in [0.1, 0.15) is 21.8 Å².